The maximum absolute atomic E-state index is 15.0. The number of carbonyl (C=O) groups excluding carboxylic acids is 2. The summed E-state index contributed by atoms with van der Waals surface area (Å²) in [5.74, 6) is -0.910. The predicted molar refractivity (Wildman–Crippen MR) is 112 cm³/mol. The zero-order chi connectivity index (χ0) is 21.8. The molecule has 0 fully saturated rings. The van der Waals surface area contributed by atoms with Crippen LogP contribution in [0.3, 0.4) is 0 Å². The second-order valence-electron chi connectivity index (χ2n) is 7.68. The van der Waals surface area contributed by atoms with Crippen LogP contribution in [0.15, 0.2) is 12.1 Å². The summed E-state index contributed by atoms with van der Waals surface area (Å²) in [6.45, 7) is 5.79. The minimum atomic E-state index is -0.618. The van der Waals surface area contributed by atoms with Gasteiger partial charge in [-0.1, -0.05) is 19.8 Å². The van der Waals surface area contributed by atoms with Gasteiger partial charge in [-0.05, 0) is 25.5 Å². The molecule has 1 heterocycles. The fraction of sp³-hybridized carbons (Fsp3) is 0.500. The van der Waals surface area contributed by atoms with Gasteiger partial charge < -0.3 is 21.3 Å². The van der Waals surface area contributed by atoms with Gasteiger partial charge in [-0.2, -0.15) is 4.98 Å². The van der Waals surface area contributed by atoms with Crippen LogP contribution in [-0.4, -0.2) is 52.9 Å². The topological polar surface area (TPSA) is 113 Å². The average molecular weight is 404 g/mol. The molecule has 4 N–H and O–H groups in total. The lowest BCUT2D eigenvalue weighted by Crippen LogP contribution is -2.46. The second-order valence-corrected chi connectivity index (χ2v) is 7.68. The van der Waals surface area contributed by atoms with E-state index in [1.54, 1.807) is 14.1 Å². The molecule has 0 bridgehead atoms. The highest BCUT2D eigenvalue weighted by atomic mass is 19.1. The van der Waals surface area contributed by atoms with E-state index in [0.29, 0.717) is 6.54 Å². The first kappa shape index (κ1) is 22.3. The van der Waals surface area contributed by atoms with Crippen molar-refractivity contribution in [1.29, 1.82) is 0 Å². The van der Waals surface area contributed by atoms with Gasteiger partial charge in [0.15, 0.2) is 0 Å². The summed E-state index contributed by atoms with van der Waals surface area (Å²) in [7, 11) is 3.18. The number of unbranched alkanes of at least 4 members (excludes halogenated alkanes) is 1. The van der Waals surface area contributed by atoms with Crippen LogP contribution >= 0.6 is 0 Å². The molecule has 0 aliphatic rings. The first-order valence-corrected chi connectivity index (χ1v) is 9.57. The largest absolute Gasteiger partial charge is 0.368 e. The number of amides is 2. The van der Waals surface area contributed by atoms with E-state index in [4.69, 9.17) is 5.73 Å². The monoisotopic (exact) mass is 404 g/mol. The Morgan fingerprint density at radius 1 is 1.28 bits per heavy atom. The molecule has 158 valence electrons. The molecule has 0 aliphatic heterocycles. The van der Waals surface area contributed by atoms with Crippen molar-refractivity contribution in [3.05, 3.63) is 23.5 Å². The molecule has 29 heavy (non-hydrogen) atoms. The summed E-state index contributed by atoms with van der Waals surface area (Å²) < 4.78 is 15.0. The van der Waals surface area contributed by atoms with Crippen LogP contribution in [0.5, 0.6) is 0 Å². The van der Waals surface area contributed by atoms with Gasteiger partial charge in [0.05, 0.1) is 16.4 Å². The van der Waals surface area contributed by atoms with E-state index in [-0.39, 0.29) is 40.0 Å². The quantitative estimate of drug-likeness (QED) is 0.623. The van der Waals surface area contributed by atoms with Crippen molar-refractivity contribution in [2.75, 3.05) is 31.7 Å². The molecule has 8 nitrogen and oxygen atoms in total. The SMILES string of the molecule is CCCC[C@](C)(CNC(C)=O)Nc1nc(N)nc2cc(C(=O)N(C)C)cc(F)c12. The number of halogens is 1. The summed E-state index contributed by atoms with van der Waals surface area (Å²) in [5.41, 5.74) is 5.70. The van der Waals surface area contributed by atoms with Gasteiger partial charge in [0.1, 0.15) is 11.6 Å². The number of rotatable bonds is 8. The highest BCUT2D eigenvalue weighted by Gasteiger charge is 2.27. The highest BCUT2D eigenvalue weighted by molar-refractivity contribution is 6.00. The Morgan fingerprint density at radius 2 is 1.97 bits per heavy atom. The number of nitrogen functional groups attached to an aromatic ring is 1. The van der Waals surface area contributed by atoms with Crippen LogP contribution in [0.2, 0.25) is 0 Å². The standard InChI is InChI=1S/C20H29FN6O2/c1-6-7-8-20(3,11-23-12(2)28)26-17-16-14(21)9-13(18(29)27(4)5)10-15(16)24-19(22)25-17/h9-10H,6-8,11H2,1-5H3,(H,23,28)(H3,22,24,25,26)/t20-/m1/s1. The number of benzene rings is 1. The fourth-order valence-electron chi connectivity index (χ4n) is 3.07. The third-order valence-electron chi connectivity index (χ3n) is 4.65. The van der Waals surface area contributed by atoms with E-state index >= 15 is 4.39 Å². The van der Waals surface area contributed by atoms with Gasteiger partial charge in [0.25, 0.3) is 5.91 Å². The van der Waals surface area contributed by atoms with E-state index in [9.17, 15) is 9.59 Å². The number of fused-ring (bicyclic) bond motifs is 1. The molecule has 2 rings (SSSR count). The van der Waals surface area contributed by atoms with E-state index in [2.05, 4.69) is 27.5 Å². The normalized spacial score (nSPS) is 13.0. The smallest absolute Gasteiger partial charge is 0.253 e. The van der Waals surface area contributed by atoms with Crippen molar-refractivity contribution < 1.29 is 14.0 Å². The van der Waals surface area contributed by atoms with Crippen molar-refractivity contribution in [3.8, 4) is 0 Å². The van der Waals surface area contributed by atoms with Crippen molar-refractivity contribution in [2.45, 2.75) is 45.6 Å². The summed E-state index contributed by atoms with van der Waals surface area (Å²) >= 11 is 0. The van der Waals surface area contributed by atoms with Gasteiger partial charge >= 0.3 is 0 Å². The Labute approximate surface area is 170 Å². The Balaban J connectivity index is 2.52. The van der Waals surface area contributed by atoms with Crippen molar-refractivity contribution in [1.82, 2.24) is 20.2 Å². The third-order valence-corrected chi connectivity index (χ3v) is 4.65. The Kier molecular flexibility index (Phi) is 6.94. The predicted octanol–water partition coefficient (Wildman–Crippen LogP) is 2.55. The first-order valence-electron chi connectivity index (χ1n) is 9.57. The second kappa shape index (κ2) is 9.02. The molecule has 0 radical (unpaired) electrons. The van der Waals surface area contributed by atoms with Crippen molar-refractivity contribution in [3.63, 3.8) is 0 Å². The Morgan fingerprint density at radius 3 is 2.55 bits per heavy atom. The number of anilines is 2. The van der Waals surface area contributed by atoms with Gasteiger partial charge in [-0.15, -0.1) is 0 Å². The molecule has 9 heteroatoms. The number of hydrogen-bond acceptors (Lipinski definition) is 6. The zero-order valence-electron chi connectivity index (χ0n) is 17.6. The maximum atomic E-state index is 15.0. The maximum Gasteiger partial charge on any atom is 0.253 e. The van der Waals surface area contributed by atoms with E-state index in [0.717, 1.165) is 19.3 Å². The number of carbonyl (C=O) groups is 2. The van der Waals surface area contributed by atoms with Crippen LogP contribution in [0.4, 0.5) is 16.2 Å². The molecule has 2 aromatic rings. The molecule has 0 saturated heterocycles. The number of nitrogens with zero attached hydrogens (tertiary/aromatic N) is 3. The summed E-state index contributed by atoms with van der Waals surface area (Å²) in [4.78, 5) is 33.3. The highest BCUT2D eigenvalue weighted by Crippen LogP contribution is 2.29. The third kappa shape index (κ3) is 5.52. The number of nitrogens with one attached hydrogen (secondary N) is 2. The first-order chi connectivity index (χ1) is 13.6. The molecule has 0 aliphatic carbocycles. The van der Waals surface area contributed by atoms with Gasteiger partial charge in [-0.3, -0.25) is 9.59 Å². The van der Waals surface area contributed by atoms with E-state index in [1.165, 1.54) is 24.0 Å². The molecule has 0 unspecified atom stereocenters. The molecular formula is C20H29FN6O2. The van der Waals surface area contributed by atoms with E-state index < -0.39 is 11.4 Å². The van der Waals surface area contributed by atoms with Crippen molar-refractivity contribution >= 4 is 34.5 Å². The lowest BCUT2D eigenvalue weighted by Gasteiger charge is -2.32. The van der Waals surface area contributed by atoms with Crippen LogP contribution in [-0.2, 0) is 4.79 Å². The van der Waals surface area contributed by atoms with Gasteiger partial charge in [0.2, 0.25) is 11.9 Å². The summed E-state index contributed by atoms with van der Waals surface area (Å²) in [5, 5.41) is 6.22. The Hall–Kier alpha value is -2.97. The fourth-order valence-corrected chi connectivity index (χ4v) is 3.07. The summed E-state index contributed by atoms with van der Waals surface area (Å²) in [6, 6.07) is 2.67. The number of nitrogens with two attached hydrogens (primary N) is 1. The average Bonchev–Trinajstić information content (AvgIpc) is 2.63. The molecular weight excluding hydrogens is 375 g/mol. The minimum absolute atomic E-state index is 0.0359. The molecule has 0 spiro atoms. The minimum Gasteiger partial charge on any atom is -0.368 e. The van der Waals surface area contributed by atoms with Crippen LogP contribution in [0.25, 0.3) is 10.9 Å². The lowest BCUT2D eigenvalue weighted by molar-refractivity contribution is -0.119. The van der Waals surface area contributed by atoms with Crippen LogP contribution < -0.4 is 16.4 Å². The number of aromatic nitrogens is 2. The molecule has 1 atom stereocenters. The van der Waals surface area contributed by atoms with Gasteiger partial charge in [0, 0.05) is 33.1 Å². The summed E-state index contributed by atoms with van der Waals surface area (Å²) in [6.07, 6.45) is 2.61. The van der Waals surface area contributed by atoms with Crippen molar-refractivity contribution in [2.24, 2.45) is 0 Å². The van der Waals surface area contributed by atoms with Crippen LogP contribution in [0, 0.1) is 5.82 Å². The van der Waals surface area contributed by atoms with E-state index in [1.807, 2.05) is 6.92 Å². The Bertz CT molecular complexity index is 917. The molecule has 1 aromatic heterocycles. The zero-order valence-corrected chi connectivity index (χ0v) is 17.6. The molecule has 2 amide bonds. The number of hydrogen-bond donors (Lipinski definition) is 3. The molecule has 0 saturated carbocycles. The lowest BCUT2D eigenvalue weighted by atomic mass is 9.94. The van der Waals surface area contributed by atoms with Crippen LogP contribution in [0.1, 0.15) is 50.4 Å². The molecule has 1 aromatic carbocycles. The van der Waals surface area contributed by atoms with Gasteiger partial charge in [-0.25, -0.2) is 9.37 Å².